The molecule has 0 saturated carbocycles. The number of hydrogen-bond acceptors (Lipinski definition) is 5. The topological polar surface area (TPSA) is 122 Å². The van der Waals surface area contributed by atoms with E-state index in [-0.39, 0.29) is 9.99 Å². The number of Topliss-reactive ketones (excluding diaryl/α,β-unsaturated/α-hetero) is 1. The summed E-state index contributed by atoms with van der Waals surface area (Å²) in [6, 6.07) is 2.67. The van der Waals surface area contributed by atoms with Gasteiger partial charge in [0.05, 0.1) is 5.60 Å². The van der Waals surface area contributed by atoms with E-state index in [1.807, 2.05) is 6.07 Å². The molecular weight excluding hydrogens is 410 g/mol. The summed E-state index contributed by atoms with van der Waals surface area (Å²) in [6.45, 7) is 3.22. The predicted octanol–water partition coefficient (Wildman–Crippen LogP) is 3.53. The number of rotatable bonds is 3. The Bertz CT molecular complexity index is 1150. The van der Waals surface area contributed by atoms with Crippen LogP contribution in [0.2, 0.25) is 0 Å². The summed E-state index contributed by atoms with van der Waals surface area (Å²) in [5, 5.41) is 20.4. The fourth-order valence-electron chi connectivity index (χ4n) is 3.91. The normalized spacial score (nSPS) is 17.6. The summed E-state index contributed by atoms with van der Waals surface area (Å²) in [5.41, 5.74) is 3.70. The average molecular weight is 434 g/mol. The van der Waals surface area contributed by atoms with Crippen LogP contribution in [0.25, 0.3) is 0 Å². The van der Waals surface area contributed by atoms with Crippen molar-refractivity contribution in [2.24, 2.45) is 9.50 Å². The van der Waals surface area contributed by atoms with E-state index in [2.05, 4.69) is 9.68 Å². The van der Waals surface area contributed by atoms with Crippen LogP contribution in [-0.4, -0.2) is 21.1 Å². The van der Waals surface area contributed by atoms with Gasteiger partial charge in [0.2, 0.25) is 0 Å². The van der Waals surface area contributed by atoms with E-state index in [0.29, 0.717) is 29.7 Å². The molecule has 7 nitrogen and oxygen atoms in total. The average Bonchev–Trinajstić information content (AvgIpc) is 3.33. The summed E-state index contributed by atoms with van der Waals surface area (Å²) in [6.07, 6.45) is 3.67. The monoisotopic (exact) mass is 433 g/mol. The van der Waals surface area contributed by atoms with Crippen molar-refractivity contribution in [3.8, 4) is 0 Å². The second-order valence-corrected chi connectivity index (χ2v) is 10.9. The Labute approximate surface area is 173 Å². The molecule has 1 aromatic heterocycles. The maximum atomic E-state index is 12.9. The van der Waals surface area contributed by atoms with Gasteiger partial charge in [-0.15, -0.1) is 15.7 Å². The molecule has 2 amide bonds. The van der Waals surface area contributed by atoms with E-state index in [0.717, 1.165) is 47.3 Å². The first-order valence-corrected chi connectivity index (χ1v) is 11.9. The molecule has 1 heterocycles. The lowest BCUT2D eigenvalue weighted by molar-refractivity contribution is 0.0789. The first-order chi connectivity index (χ1) is 13.6. The zero-order valence-electron chi connectivity index (χ0n) is 16.3. The van der Waals surface area contributed by atoms with Crippen molar-refractivity contribution < 1.29 is 18.9 Å². The summed E-state index contributed by atoms with van der Waals surface area (Å²) in [7, 11) is -3.45. The number of aryl methyl sites for hydroxylation is 1. The highest BCUT2D eigenvalue weighted by Gasteiger charge is 2.29. The lowest BCUT2D eigenvalue weighted by Gasteiger charge is -2.15. The van der Waals surface area contributed by atoms with Crippen LogP contribution in [0.5, 0.6) is 0 Å². The van der Waals surface area contributed by atoms with Crippen molar-refractivity contribution >= 4 is 38.8 Å². The lowest BCUT2D eigenvalue weighted by Crippen LogP contribution is -2.18. The lowest BCUT2D eigenvalue weighted by atomic mass is 9.98. The van der Waals surface area contributed by atoms with Crippen LogP contribution >= 0.6 is 11.3 Å². The Morgan fingerprint density at radius 3 is 2.69 bits per heavy atom. The first-order valence-electron chi connectivity index (χ1n) is 9.44. The molecule has 1 aromatic carbocycles. The van der Waals surface area contributed by atoms with Crippen molar-refractivity contribution in [1.82, 2.24) is 0 Å². The van der Waals surface area contributed by atoms with Crippen molar-refractivity contribution in [1.29, 1.82) is 0 Å². The third-order valence-corrected chi connectivity index (χ3v) is 8.29. The van der Waals surface area contributed by atoms with Crippen LogP contribution in [0.15, 0.2) is 26.1 Å². The summed E-state index contributed by atoms with van der Waals surface area (Å²) < 4.78 is 16.8. The minimum atomic E-state index is -3.45. The van der Waals surface area contributed by atoms with Gasteiger partial charge in [-0.1, -0.05) is 0 Å². The van der Waals surface area contributed by atoms with E-state index in [9.17, 15) is 18.9 Å². The summed E-state index contributed by atoms with van der Waals surface area (Å²) in [5.74, 6) is 0.0856. The third kappa shape index (κ3) is 3.75. The maximum absolute atomic E-state index is 12.9. The van der Waals surface area contributed by atoms with Gasteiger partial charge in [-0.2, -0.15) is 0 Å². The third-order valence-electron chi connectivity index (χ3n) is 5.43. The Balaban J connectivity index is 1.67. The molecule has 0 bridgehead atoms. The van der Waals surface area contributed by atoms with Gasteiger partial charge in [-0.05, 0) is 79.3 Å². The Hall–Kier alpha value is -2.07. The van der Waals surface area contributed by atoms with Gasteiger partial charge in [0.15, 0.2) is 15.7 Å². The second kappa shape index (κ2) is 7.02. The van der Waals surface area contributed by atoms with Gasteiger partial charge in [-0.25, -0.2) is 14.1 Å². The molecule has 2 aliphatic carbocycles. The Morgan fingerprint density at radius 1 is 1.24 bits per heavy atom. The number of nitrogens with zero attached hydrogens (tertiary/aromatic N) is 1. The number of nitrogens with two attached hydrogens (primary N) is 1. The molecule has 0 spiro atoms. The molecule has 4 N–H and O–H groups in total. The van der Waals surface area contributed by atoms with Gasteiger partial charge in [-0.3, -0.25) is 4.79 Å². The van der Waals surface area contributed by atoms with Gasteiger partial charge in [0.1, 0.15) is 4.21 Å². The van der Waals surface area contributed by atoms with Crippen LogP contribution < -0.4 is 10.5 Å². The fraction of sp³-hybridized carbons (Fsp3) is 0.400. The number of carbonyl (C=O) groups excluding carboxylic acids is 2. The highest BCUT2D eigenvalue weighted by atomic mass is 32.2. The predicted molar refractivity (Wildman–Crippen MR) is 113 cm³/mol. The maximum Gasteiger partial charge on any atom is 0.354 e. The number of carbonyl (C=O) groups is 2. The number of aliphatic hydroxyl groups is 1. The van der Waals surface area contributed by atoms with Crippen LogP contribution in [0, 0.1) is 0 Å². The molecule has 0 aliphatic heterocycles. The molecule has 1 atom stereocenters. The number of urea groups is 1. The van der Waals surface area contributed by atoms with Gasteiger partial charge in [0.25, 0.3) is 0 Å². The standard InChI is InChI=1S/C20H23N3O4S2/c1-20(2,26)12-9-17(28-10-12)29(21,27)23-19(25)22-18-13-5-3-4-11(13)8-15-14(18)6-7-16(15)24/h8-10,26H,3-7H2,1-2H3,(H3,21,22,23,25,27)/t29-/m1/s1. The smallest absolute Gasteiger partial charge is 0.354 e. The first kappa shape index (κ1) is 20.2. The molecule has 0 radical (unpaired) electrons. The number of ketones is 1. The fourth-order valence-corrected chi connectivity index (χ4v) is 6.19. The second-order valence-electron chi connectivity index (χ2n) is 8.00. The van der Waals surface area contributed by atoms with Gasteiger partial charge >= 0.3 is 6.03 Å². The highest BCUT2D eigenvalue weighted by Crippen LogP contribution is 2.38. The van der Waals surface area contributed by atoms with Crippen molar-refractivity contribution in [3.05, 3.63) is 45.3 Å². The number of benzene rings is 1. The number of anilines is 1. The van der Waals surface area contributed by atoms with Crippen molar-refractivity contribution in [2.75, 3.05) is 5.32 Å². The quantitative estimate of drug-likeness (QED) is 0.685. The molecule has 29 heavy (non-hydrogen) atoms. The van der Waals surface area contributed by atoms with Crippen LogP contribution in [-0.2, 0) is 34.8 Å². The van der Waals surface area contributed by atoms with Crippen molar-refractivity contribution in [3.63, 3.8) is 0 Å². The number of fused-ring (bicyclic) bond motifs is 2. The molecule has 4 rings (SSSR count). The van der Waals surface area contributed by atoms with Gasteiger partial charge < -0.3 is 10.4 Å². The molecule has 0 saturated heterocycles. The minimum absolute atomic E-state index is 0.0856. The minimum Gasteiger partial charge on any atom is -0.386 e. The number of nitrogens with one attached hydrogen (secondary N) is 1. The van der Waals surface area contributed by atoms with Crippen LogP contribution in [0.1, 0.15) is 59.3 Å². The Morgan fingerprint density at radius 2 is 2.00 bits per heavy atom. The van der Waals surface area contributed by atoms with Gasteiger partial charge in [0, 0.05) is 17.7 Å². The van der Waals surface area contributed by atoms with E-state index >= 15 is 0 Å². The van der Waals surface area contributed by atoms with E-state index in [4.69, 9.17) is 5.14 Å². The van der Waals surface area contributed by atoms with Crippen LogP contribution in [0.3, 0.4) is 0 Å². The molecule has 2 aliphatic rings. The molecular formula is C20H23N3O4S2. The molecule has 154 valence electrons. The van der Waals surface area contributed by atoms with E-state index in [1.165, 1.54) is 6.07 Å². The Kier molecular flexibility index (Phi) is 4.89. The number of hydrogen-bond donors (Lipinski definition) is 3. The number of thiophene rings is 1. The SMILES string of the molecule is CC(C)(O)c1csc([S@](N)(=O)=NC(=O)Nc2c3c(cc4c2CCC4=O)CCC3)c1. The molecule has 9 heteroatoms. The van der Waals surface area contributed by atoms with E-state index < -0.39 is 21.5 Å². The summed E-state index contributed by atoms with van der Waals surface area (Å²) in [4.78, 5) is 24.8. The highest BCUT2D eigenvalue weighted by molar-refractivity contribution is 7.93. The zero-order valence-corrected chi connectivity index (χ0v) is 17.9. The molecule has 0 unspecified atom stereocenters. The largest absolute Gasteiger partial charge is 0.386 e. The molecule has 0 fully saturated rings. The zero-order chi connectivity index (χ0) is 21.0. The molecule has 2 aromatic rings. The summed E-state index contributed by atoms with van der Waals surface area (Å²) >= 11 is 1.09. The van der Waals surface area contributed by atoms with E-state index in [1.54, 1.807) is 19.2 Å². The number of amides is 2. The van der Waals surface area contributed by atoms with Crippen molar-refractivity contribution in [2.45, 2.75) is 55.8 Å². The van der Waals surface area contributed by atoms with Crippen LogP contribution in [0.4, 0.5) is 10.5 Å².